The van der Waals surface area contributed by atoms with Crippen molar-refractivity contribution in [2.75, 3.05) is 0 Å². The largest absolute Gasteiger partial charge is 0.506 e. The van der Waals surface area contributed by atoms with Gasteiger partial charge in [-0.05, 0) is 11.6 Å². The smallest absolute Gasteiger partial charge is 0.154 e. The SMILES string of the molecule is Oc1cc(Cl)c2oc(Cc3ccccc3)cc2c1Cl. The van der Waals surface area contributed by atoms with Crippen LogP contribution in [0.3, 0.4) is 0 Å². The van der Waals surface area contributed by atoms with Crippen LogP contribution < -0.4 is 0 Å². The number of aromatic hydroxyl groups is 1. The maximum atomic E-state index is 9.64. The van der Waals surface area contributed by atoms with Gasteiger partial charge in [0.25, 0.3) is 0 Å². The second kappa shape index (κ2) is 4.80. The van der Waals surface area contributed by atoms with Crippen molar-refractivity contribution < 1.29 is 9.52 Å². The van der Waals surface area contributed by atoms with E-state index in [0.29, 0.717) is 22.4 Å². The number of furan rings is 1. The molecular weight excluding hydrogens is 283 g/mol. The van der Waals surface area contributed by atoms with Crippen molar-refractivity contribution in [2.24, 2.45) is 0 Å². The Kier molecular flexibility index (Phi) is 3.13. The van der Waals surface area contributed by atoms with Gasteiger partial charge in [0.1, 0.15) is 11.5 Å². The maximum absolute atomic E-state index is 9.64. The molecule has 0 radical (unpaired) electrons. The minimum absolute atomic E-state index is 0.0359. The van der Waals surface area contributed by atoms with E-state index < -0.39 is 0 Å². The molecule has 3 rings (SSSR count). The molecule has 19 heavy (non-hydrogen) atoms. The van der Waals surface area contributed by atoms with Gasteiger partial charge in [-0.2, -0.15) is 0 Å². The second-order valence-electron chi connectivity index (χ2n) is 4.31. The van der Waals surface area contributed by atoms with E-state index in [1.807, 2.05) is 36.4 Å². The summed E-state index contributed by atoms with van der Waals surface area (Å²) >= 11 is 12.1. The molecule has 0 aliphatic heterocycles. The van der Waals surface area contributed by atoms with Crippen LogP contribution in [0.5, 0.6) is 5.75 Å². The van der Waals surface area contributed by atoms with Crippen LogP contribution in [-0.2, 0) is 6.42 Å². The Morgan fingerprint density at radius 3 is 2.53 bits per heavy atom. The van der Waals surface area contributed by atoms with Gasteiger partial charge in [0.15, 0.2) is 5.58 Å². The molecule has 0 saturated heterocycles. The fourth-order valence-electron chi connectivity index (χ4n) is 2.05. The lowest BCUT2D eigenvalue weighted by atomic mass is 10.1. The summed E-state index contributed by atoms with van der Waals surface area (Å²) in [5, 5.41) is 10.9. The molecule has 0 aliphatic rings. The van der Waals surface area contributed by atoms with E-state index in [0.717, 1.165) is 11.3 Å². The summed E-state index contributed by atoms with van der Waals surface area (Å²) in [6.45, 7) is 0. The number of rotatable bonds is 2. The molecule has 1 N–H and O–H groups in total. The molecule has 3 aromatic rings. The Morgan fingerprint density at radius 2 is 1.79 bits per heavy atom. The minimum atomic E-state index is -0.0359. The topological polar surface area (TPSA) is 33.4 Å². The molecule has 1 heterocycles. The zero-order valence-electron chi connectivity index (χ0n) is 9.86. The summed E-state index contributed by atoms with van der Waals surface area (Å²) in [5.41, 5.74) is 1.65. The van der Waals surface area contributed by atoms with Crippen molar-refractivity contribution in [3.8, 4) is 5.75 Å². The van der Waals surface area contributed by atoms with Gasteiger partial charge < -0.3 is 9.52 Å². The molecule has 96 valence electrons. The van der Waals surface area contributed by atoms with Gasteiger partial charge >= 0.3 is 0 Å². The zero-order valence-corrected chi connectivity index (χ0v) is 11.4. The van der Waals surface area contributed by atoms with Crippen LogP contribution in [0.25, 0.3) is 11.0 Å². The highest BCUT2D eigenvalue weighted by molar-refractivity contribution is 6.40. The molecule has 0 spiro atoms. The molecule has 0 bridgehead atoms. The zero-order chi connectivity index (χ0) is 13.4. The van der Waals surface area contributed by atoms with E-state index in [2.05, 4.69) is 0 Å². The van der Waals surface area contributed by atoms with Gasteiger partial charge in [0.2, 0.25) is 0 Å². The summed E-state index contributed by atoms with van der Waals surface area (Å²) in [5.74, 6) is 0.724. The normalized spacial score (nSPS) is 11.1. The van der Waals surface area contributed by atoms with Crippen molar-refractivity contribution in [2.45, 2.75) is 6.42 Å². The highest BCUT2D eigenvalue weighted by Gasteiger charge is 2.14. The number of hydrogen-bond acceptors (Lipinski definition) is 2. The molecule has 0 fully saturated rings. The number of benzene rings is 2. The molecule has 4 heteroatoms. The van der Waals surface area contributed by atoms with Crippen LogP contribution in [0.15, 0.2) is 46.9 Å². The average molecular weight is 293 g/mol. The van der Waals surface area contributed by atoms with Crippen molar-refractivity contribution in [3.63, 3.8) is 0 Å². The van der Waals surface area contributed by atoms with Gasteiger partial charge in [0.05, 0.1) is 10.0 Å². The third kappa shape index (κ3) is 2.29. The Labute approximate surface area is 120 Å². The van der Waals surface area contributed by atoms with Gasteiger partial charge in [-0.25, -0.2) is 0 Å². The molecule has 1 aromatic heterocycles. The van der Waals surface area contributed by atoms with Gasteiger partial charge in [-0.3, -0.25) is 0 Å². The summed E-state index contributed by atoms with van der Waals surface area (Å²) in [7, 11) is 0. The third-order valence-electron chi connectivity index (χ3n) is 2.95. The third-order valence-corrected chi connectivity index (χ3v) is 3.62. The standard InChI is InChI=1S/C15H10Cl2O2/c16-12-8-13(18)14(17)11-7-10(19-15(11)12)6-9-4-2-1-3-5-9/h1-5,7-8,18H,6H2. The summed E-state index contributed by atoms with van der Waals surface area (Å²) < 4.78 is 5.71. The van der Waals surface area contributed by atoms with Gasteiger partial charge in [-0.15, -0.1) is 0 Å². The maximum Gasteiger partial charge on any atom is 0.154 e. The van der Waals surface area contributed by atoms with Crippen LogP contribution in [-0.4, -0.2) is 5.11 Å². The minimum Gasteiger partial charge on any atom is -0.506 e. The molecule has 0 atom stereocenters. The lowest BCUT2D eigenvalue weighted by Crippen LogP contribution is -1.83. The molecule has 0 saturated carbocycles. The highest BCUT2D eigenvalue weighted by Crippen LogP contribution is 2.39. The first-order valence-corrected chi connectivity index (χ1v) is 6.54. The second-order valence-corrected chi connectivity index (χ2v) is 5.09. The van der Waals surface area contributed by atoms with Crippen molar-refractivity contribution in [3.05, 3.63) is 63.8 Å². The highest BCUT2D eigenvalue weighted by atomic mass is 35.5. The first kappa shape index (κ1) is 12.4. The molecule has 2 aromatic carbocycles. The fraction of sp³-hybridized carbons (Fsp3) is 0.0667. The van der Waals surface area contributed by atoms with Crippen LogP contribution >= 0.6 is 23.2 Å². The number of fused-ring (bicyclic) bond motifs is 1. The Bertz CT molecular complexity index is 733. The van der Waals surface area contributed by atoms with E-state index in [4.69, 9.17) is 27.6 Å². The predicted molar refractivity (Wildman–Crippen MR) is 77.1 cm³/mol. The van der Waals surface area contributed by atoms with E-state index in [9.17, 15) is 5.11 Å². The van der Waals surface area contributed by atoms with E-state index in [1.54, 1.807) is 0 Å². The average Bonchev–Trinajstić information content (AvgIpc) is 2.82. The first-order chi connectivity index (χ1) is 9.15. The molecule has 2 nitrogen and oxygen atoms in total. The van der Waals surface area contributed by atoms with Crippen molar-refractivity contribution in [1.82, 2.24) is 0 Å². The van der Waals surface area contributed by atoms with Crippen LogP contribution in [0, 0.1) is 0 Å². The lowest BCUT2D eigenvalue weighted by Gasteiger charge is -1.98. The molecule has 0 amide bonds. The Hall–Kier alpha value is -1.64. The number of halogens is 2. The number of phenols is 1. The summed E-state index contributed by atoms with van der Waals surface area (Å²) in [6.07, 6.45) is 0.656. The fourth-order valence-corrected chi connectivity index (χ4v) is 2.49. The Morgan fingerprint density at radius 1 is 1.05 bits per heavy atom. The van der Waals surface area contributed by atoms with Crippen molar-refractivity contribution >= 4 is 34.2 Å². The summed E-state index contributed by atoms with van der Waals surface area (Å²) in [6, 6.07) is 13.2. The predicted octanol–water partition coefficient (Wildman–Crippen LogP) is 5.04. The van der Waals surface area contributed by atoms with Crippen LogP contribution in [0.4, 0.5) is 0 Å². The van der Waals surface area contributed by atoms with Crippen molar-refractivity contribution in [1.29, 1.82) is 0 Å². The quantitative estimate of drug-likeness (QED) is 0.718. The lowest BCUT2D eigenvalue weighted by molar-refractivity contribution is 0.476. The monoisotopic (exact) mass is 292 g/mol. The molecular formula is C15H10Cl2O2. The van der Waals surface area contributed by atoms with Crippen LogP contribution in [0.2, 0.25) is 10.0 Å². The van der Waals surface area contributed by atoms with Gasteiger partial charge in [0, 0.05) is 17.9 Å². The van der Waals surface area contributed by atoms with E-state index in [-0.39, 0.29) is 10.8 Å². The molecule has 0 unspecified atom stereocenters. The van der Waals surface area contributed by atoms with Crippen LogP contribution in [0.1, 0.15) is 11.3 Å². The van der Waals surface area contributed by atoms with E-state index >= 15 is 0 Å². The van der Waals surface area contributed by atoms with Gasteiger partial charge in [-0.1, -0.05) is 53.5 Å². The summed E-state index contributed by atoms with van der Waals surface area (Å²) in [4.78, 5) is 0. The molecule has 0 aliphatic carbocycles. The number of phenolic OH excluding ortho intramolecular Hbond substituents is 1. The first-order valence-electron chi connectivity index (χ1n) is 5.78. The Balaban J connectivity index is 2.07. The van der Waals surface area contributed by atoms with E-state index in [1.165, 1.54) is 6.07 Å². The number of hydrogen-bond donors (Lipinski definition) is 1.